The Hall–Kier alpha value is -1.84. The molecular formula is C11H10N2O2. The number of aryl methyl sites for hydroxylation is 1. The molecule has 4 heteroatoms. The standard InChI is InChI=1S/C11H10N2O2/c1-2-3-7-9-6(11(14)13-12-7)4-5-8-10(9)15-8/h4-5H,2-3H2,1H3,(H,13,14). The number of hydrogen-bond acceptors (Lipinski definition) is 3. The molecule has 0 atom stereocenters. The van der Waals surface area contributed by atoms with Gasteiger partial charge in [-0.2, -0.15) is 5.10 Å². The zero-order chi connectivity index (χ0) is 10.4. The van der Waals surface area contributed by atoms with E-state index in [1.54, 1.807) is 6.07 Å². The highest BCUT2D eigenvalue weighted by Crippen LogP contribution is 2.50. The second-order valence-electron chi connectivity index (χ2n) is 3.67. The lowest BCUT2D eigenvalue weighted by Crippen LogP contribution is -2.10. The molecule has 1 aliphatic rings. The number of fused-ring (bicyclic) bond motifs is 3. The summed E-state index contributed by atoms with van der Waals surface area (Å²) in [7, 11) is 0. The molecule has 0 aliphatic carbocycles. The van der Waals surface area contributed by atoms with E-state index in [4.69, 9.17) is 4.74 Å². The quantitative estimate of drug-likeness (QED) is 0.646. The number of rotatable bonds is 2. The first kappa shape index (κ1) is 8.47. The van der Waals surface area contributed by atoms with Crippen LogP contribution in [0.5, 0.6) is 11.5 Å². The molecule has 0 unspecified atom stereocenters. The molecule has 0 amide bonds. The lowest BCUT2D eigenvalue weighted by Gasteiger charge is -2.00. The van der Waals surface area contributed by atoms with Crippen LogP contribution in [0.2, 0.25) is 0 Å². The fourth-order valence-corrected chi connectivity index (χ4v) is 1.86. The summed E-state index contributed by atoms with van der Waals surface area (Å²) < 4.78 is 5.30. The summed E-state index contributed by atoms with van der Waals surface area (Å²) in [6.45, 7) is 2.08. The Balaban J connectivity index is 2.39. The van der Waals surface area contributed by atoms with Gasteiger partial charge in [0.2, 0.25) is 0 Å². The number of aromatic amines is 1. The zero-order valence-electron chi connectivity index (χ0n) is 8.33. The molecule has 0 spiro atoms. The van der Waals surface area contributed by atoms with Crippen LogP contribution < -0.4 is 10.3 Å². The van der Waals surface area contributed by atoms with Gasteiger partial charge in [0.15, 0.2) is 11.5 Å². The molecule has 2 aromatic rings. The van der Waals surface area contributed by atoms with E-state index in [0.717, 1.165) is 35.4 Å². The SMILES string of the molecule is CCCc1n[nH]c(=O)c2ccc3c(c12)O3. The van der Waals surface area contributed by atoms with Crippen LogP contribution in [0.3, 0.4) is 0 Å². The molecule has 0 bridgehead atoms. The van der Waals surface area contributed by atoms with Crippen LogP contribution in [0.25, 0.3) is 10.8 Å². The lowest BCUT2D eigenvalue weighted by atomic mass is 10.1. The minimum absolute atomic E-state index is 0.150. The maximum Gasteiger partial charge on any atom is 0.272 e. The molecule has 3 rings (SSSR count). The zero-order valence-corrected chi connectivity index (χ0v) is 8.33. The van der Waals surface area contributed by atoms with Crippen molar-refractivity contribution in [2.45, 2.75) is 19.8 Å². The van der Waals surface area contributed by atoms with Gasteiger partial charge in [-0.1, -0.05) is 13.3 Å². The van der Waals surface area contributed by atoms with E-state index in [1.807, 2.05) is 6.07 Å². The molecule has 2 heterocycles. The van der Waals surface area contributed by atoms with Crippen LogP contribution in [-0.2, 0) is 6.42 Å². The molecule has 76 valence electrons. The van der Waals surface area contributed by atoms with E-state index >= 15 is 0 Å². The Kier molecular flexibility index (Phi) is 1.59. The van der Waals surface area contributed by atoms with E-state index in [2.05, 4.69) is 17.1 Å². The second-order valence-corrected chi connectivity index (χ2v) is 3.67. The van der Waals surface area contributed by atoms with Crippen molar-refractivity contribution < 1.29 is 4.74 Å². The maximum absolute atomic E-state index is 11.5. The third kappa shape index (κ3) is 1.14. The molecule has 1 aliphatic heterocycles. The average Bonchev–Trinajstić information content (AvgIpc) is 3.01. The highest BCUT2D eigenvalue weighted by atomic mass is 16.6. The lowest BCUT2D eigenvalue weighted by molar-refractivity contribution is 0.652. The van der Waals surface area contributed by atoms with E-state index in [0.29, 0.717) is 5.39 Å². The van der Waals surface area contributed by atoms with Crippen LogP contribution >= 0.6 is 0 Å². The van der Waals surface area contributed by atoms with E-state index in [1.165, 1.54) is 0 Å². The first-order valence-electron chi connectivity index (χ1n) is 5.03. The van der Waals surface area contributed by atoms with Crippen molar-refractivity contribution in [1.82, 2.24) is 10.2 Å². The highest BCUT2D eigenvalue weighted by molar-refractivity contribution is 5.95. The molecule has 1 aromatic carbocycles. The van der Waals surface area contributed by atoms with Crippen LogP contribution in [0, 0.1) is 0 Å². The monoisotopic (exact) mass is 202 g/mol. The third-order valence-corrected chi connectivity index (χ3v) is 2.60. The number of benzene rings is 1. The summed E-state index contributed by atoms with van der Waals surface area (Å²) in [5.74, 6) is 1.70. The van der Waals surface area contributed by atoms with Crippen molar-refractivity contribution in [1.29, 1.82) is 0 Å². The Labute approximate surface area is 85.9 Å². The summed E-state index contributed by atoms with van der Waals surface area (Å²) in [6, 6.07) is 3.61. The van der Waals surface area contributed by atoms with Crippen molar-refractivity contribution in [2.24, 2.45) is 0 Å². The van der Waals surface area contributed by atoms with Gasteiger partial charge in [-0.25, -0.2) is 5.10 Å². The fourth-order valence-electron chi connectivity index (χ4n) is 1.86. The Morgan fingerprint density at radius 1 is 1.47 bits per heavy atom. The first-order chi connectivity index (χ1) is 7.31. The number of H-pyrrole nitrogens is 1. The van der Waals surface area contributed by atoms with Crippen molar-refractivity contribution in [3.05, 3.63) is 28.2 Å². The largest absolute Gasteiger partial charge is 0.449 e. The van der Waals surface area contributed by atoms with Crippen LogP contribution in [0.1, 0.15) is 19.0 Å². The first-order valence-corrected chi connectivity index (χ1v) is 5.03. The van der Waals surface area contributed by atoms with Gasteiger partial charge >= 0.3 is 0 Å². The van der Waals surface area contributed by atoms with E-state index < -0.39 is 0 Å². The van der Waals surface area contributed by atoms with Gasteiger partial charge in [-0.3, -0.25) is 4.79 Å². The maximum atomic E-state index is 11.5. The molecule has 15 heavy (non-hydrogen) atoms. The minimum atomic E-state index is -0.150. The predicted octanol–water partition coefficient (Wildman–Crippen LogP) is 1.98. The molecule has 0 radical (unpaired) electrons. The molecule has 4 nitrogen and oxygen atoms in total. The normalized spacial score (nSPS) is 12.3. The second kappa shape index (κ2) is 2.82. The van der Waals surface area contributed by atoms with Crippen molar-refractivity contribution in [2.75, 3.05) is 0 Å². The Morgan fingerprint density at radius 3 is 3.13 bits per heavy atom. The Bertz CT molecular complexity index is 601. The topological polar surface area (TPSA) is 58.3 Å². The number of aromatic nitrogens is 2. The summed E-state index contributed by atoms with van der Waals surface area (Å²) in [5, 5.41) is 8.15. The molecular weight excluding hydrogens is 192 g/mol. The summed E-state index contributed by atoms with van der Waals surface area (Å²) in [5.41, 5.74) is 0.768. The molecule has 1 aromatic heterocycles. The van der Waals surface area contributed by atoms with Crippen molar-refractivity contribution in [3.8, 4) is 11.5 Å². The minimum Gasteiger partial charge on any atom is -0.449 e. The number of ether oxygens (including phenoxy) is 1. The predicted molar refractivity (Wildman–Crippen MR) is 56.4 cm³/mol. The van der Waals surface area contributed by atoms with E-state index in [9.17, 15) is 4.79 Å². The third-order valence-electron chi connectivity index (χ3n) is 2.60. The number of hydrogen-bond donors (Lipinski definition) is 1. The van der Waals surface area contributed by atoms with Crippen LogP contribution in [0.4, 0.5) is 0 Å². The van der Waals surface area contributed by atoms with Crippen LogP contribution in [0.15, 0.2) is 16.9 Å². The molecule has 0 fully saturated rings. The highest BCUT2D eigenvalue weighted by Gasteiger charge is 2.26. The average molecular weight is 202 g/mol. The summed E-state index contributed by atoms with van der Waals surface area (Å²) >= 11 is 0. The van der Waals surface area contributed by atoms with Crippen LogP contribution in [-0.4, -0.2) is 10.2 Å². The van der Waals surface area contributed by atoms with E-state index in [-0.39, 0.29) is 5.56 Å². The summed E-state index contributed by atoms with van der Waals surface area (Å²) in [6.07, 6.45) is 1.85. The van der Waals surface area contributed by atoms with Gasteiger partial charge in [0, 0.05) is 0 Å². The molecule has 1 N–H and O–H groups in total. The Morgan fingerprint density at radius 2 is 2.33 bits per heavy atom. The van der Waals surface area contributed by atoms with Crippen molar-refractivity contribution in [3.63, 3.8) is 0 Å². The van der Waals surface area contributed by atoms with Gasteiger partial charge in [0.1, 0.15) is 0 Å². The molecule has 0 saturated heterocycles. The van der Waals surface area contributed by atoms with Gasteiger partial charge < -0.3 is 4.74 Å². The summed E-state index contributed by atoms with van der Waals surface area (Å²) in [4.78, 5) is 11.5. The van der Waals surface area contributed by atoms with Gasteiger partial charge in [-0.15, -0.1) is 0 Å². The van der Waals surface area contributed by atoms with Gasteiger partial charge in [0.25, 0.3) is 5.56 Å². The number of nitrogens with one attached hydrogen (secondary N) is 1. The van der Waals surface area contributed by atoms with Crippen molar-refractivity contribution >= 4 is 10.8 Å². The smallest absolute Gasteiger partial charge is 0.272 e. The number of nitrogens with zero attached hydrogens (tertiary/aromatic N) is 1. The molecule has 0 saturated carbocycles. The van der Waals surface area contributed by atoms with Gasteiger partial charge in [0.05, 0.1) is 16.5 Å². The fraction of sp³-hybridized carbons (Fsp3) is 0.273. The van der Waals surface area contributed by atoms with Gasteiger partial charge in [-0.05, 0) is 18.6 Å².